The topological polar surface area (TPSA) is 105 Å². The van der Waals surface area contributed by atoms with Crippen LogP contribution in [0.5, 0.6) is 0 Å². The van der Waals surface area contributed by atoms with Gasteiger partial charge in [0.2, 0.25) is 5.91 Å². The van der Waals surface area contributed by atoms with Crippen molar-refractivity contribution in [2.45, 2.75) is 19.8 Å². The molecular weight excluding hydrogens is 338 g/mol. The second kappa shape index (κ2) is 9.55. The minimum Gasteiger partial charge on any atom is -0.455 e. The van der Waals surface area contributed by atoms with Gasteiger partial charge in [0.25, 0.3) is 5.91 Å². The van der Waals surface area contributed by atoms with Crippen LogP contribution in [0.1, 0.15) is 18.9 Å². The van der Waals surface area contributed by atoms with Crippen LogP contribution in [0.4, 0.5) is 4.79 Å². The number of imide groups is 1. The van der Waals surface area contributed by atoms with Gasteiger partial charge < -0.3 is 15.0 Å². The van der Waals surface area contributed by atoms with E-state index in [0.29, 0.717) is 19.5 Å². The first-order valence-corrected chi connectivity index (χ1v) is 8.55. The highest BCUT2D eigenvalue weighted by molar-refractivity contribution is 5.95. The lowest BCUT2D eigenvalue weighted by atomic mass is 10.1. The number of hydrogen-bond donors (Lipinski definition) is 2. The Morgan fingerprint density at radius 2 is 1.96 bits per heavy atom. The van der Waals surface area contributed by atoms with Gasteiger partial charge in [-0.2, -0.15) is 0 Å². The molecule has 0 aliphatic carbocycles. The number of nitrogens with zero attached hydrogens (tertiary/aromatic N) is 1. The van der Waals surface area contributed by atoms with Crippen LogP contribution in [0.2, 0.25) is 0 Å². The highest BCUT2D eigenvalue weighted by Gasteiger charge is 2.35. The maximum atomic E-state index is 12.1. The minimum absolute atomic E-state index is 0.0750. The molecule has 2 rings (SSSR count). The number of likely N-dealkylation sites (tertiary alicyclic amines) is 1. The highest BCUT2D eigenvalue weighted by Crippen LogP contribution is 2.19. The average Bonchev–Trinajstić information content (AvgIpc) is 3.00. The third-order valence-electron chi connectivity index (χ3n) is 4.00. The van der Waals surface area contributed by atoms with E-state index in [1.54, 1.807) is 11.8 Å². The number of ether oxygens (including phenoxy) is 1. The lowest BCUT2D eigenvalue weighted by molar-refractivity contribution is -0.152. The Balaban J connectivity index is 1.74. The summed E-state index contributed by atoms with van der Waals surface area (Å²) in [6.07, 6.45) is 0.787. The first kappa shape index (κ1) is 19.4. The summed E-state index contributed by atoms with van der Waals surface area (Å²) in [7, 11) is 0. The van der Waals surface area contributed by atoms with Gasteiger partial charge in [-0.3, -0.25) is 19.7 Å². The van der Waals surface area contributed by atoms with Crippen LogP contribution in [0.25, 0.3) is 0 Å². The van der Waals surface area contributed by atoms with Crippen LogP contribution >= 0.6 is 0 Å². The summed E-state index contributed by atoms with van der Waals surface area (Å²) in [5.41, 5.74) is 1.12. The van der Waals surface area contributed by atoms with E-state index >= 15 is 0 Å². The van der Waals surface area contributed by atoms with Gasteiger partial charge in [-0.15, -0.1) is 0 Å². The molecule has 0 bridgehead atoms. The third kappa shape index (κ3) is 5.87. The molecule has 1 aromatic rings. The number of hydrogen-bond acceptors (Lipinski definition) is 5. The van der Waals surface area contributed by atoms with Gasteiger partial charge in [-0.1, -0.05) is 30.3 Å². The summed E-state index contributed by atoms with van der Waals surface area (Å²) in [4.78, 5) is 48.4. The van der Waals surface area contributed by atoms with Gasteiger partial charge in [-0.25, -0.2) is 4.79 Å². The number of esters is 1. The summed E-state index contributed by atoms with van der Waals surface area (Å²) in [5.74, 6) is -2.01. The third-order valence-corrected chi connectivity index (χ3v) is 4.00. The van der Waals surface area contributed by atoms with Crippen molar-refractivity contribution in [1.82, 2.24) is 15.5 Å². The molecule has 4 amide bonds. The Morgan fingerprint density at radius 1 is 1.23 bits per heavy atom. The van der Waals surface area contributed by atoms with E-state index in [1.807, 2.05) is 35.6 Å². The molecule has 26 heavy (non-hydrogen) atoms. The Morgan fingerprint density at radius 3 is 2.65 bits per heavy atom. The second-order valence-corrected chi connectivity index (χ2v) is 5.99. The van der Waals surface area contributed by atoms with Crippen molar-refractivity contribution in [2.24, 2.45) is 5.92 Å². The fourth-order valence-electron chi connectivity index (χ4n) is 2.68. The Kier molecular flexibility index (Phi) is 7.13. The van der Waals surface area contributed by atoms with Crippen LogP contribution < -0.4 is 10.6 Å². The molecule has 2 N–H and O–H groups in total. The van der Waals surface area contributed by atoms with E-state index in [2.05, 4.69) is 5.32 Å². The number of carbonyl (C=O) groups excluding carboxylic acids is 4. The van der Waals surface area contributed by atoms with Crippen molar-refractivity contribution < 1.29 is 23.9 Å². The summed E-state index contributed by atoms with van der Waals surface area (Å²) in [5, 5.41) is 4.43. The van der Waals surface area contributed by atoms with Crippen LogP contribution in [0.15, 0.2) is 30.3 Å². The maximum absolute atomic E-state index is 12.1. The predicted molar refractivity (Wildman–Crippen MR) is 93.0 cm³/mol. The SMILES string of the molecule is CCNC(=O)NC(=O)COC(=O)[C@H]1CC(=O)N(CCc2ccccc2)C1. The van der Waals surface area contributed by atoms with Gasteiger partial charge in [0.15, 0.2) is 6.61 Å². The lowest BCUT2D eigenvalue weighted by Gasteiger charge is -2.16. The van der Waals surface area contributed by atoms with E-state index in [4.69, 9.17) is 4.74 Å². The van der Waals surface area contributed by atoms with Crippen LogP contribution in [0, 0.1) is 5.92 Å². The molecule has 0 radical (unpaired) electrons. The summed E-state index contributed by atoms with van der Waals surface area (Å²) >= 11 is 0. The second-order valence-electron chi connectivity index (χ2n) is 5.99. The number of nitrogens with one attached hydrogen (secondary N) is 2. The number of amides is 4. The number of rotatable bonds is 7. The molecular formula is C18H23N3O5. The van der Waals surface area contributed by atoms with Crippen molar-refractivity contribution in [3.05, 3.63) is 35.9 Å². The van der Waals surface area contributed by atoms with Crippen LogP contribution in [0.3, 0.4) is 0 Å². The predicted octanol–water partition coefficient (Wildman–Crippen LogP) is 0.467. The van der Waals surface area contributed by atoms with Crippen molar-refractivity contribution in [2.75, 3.05) is 26.2 Å². The van der Waals surface area contributed by atoms with Crippen molar-refractivity contribution in [3.8, 4) is 0 Å². The molecule has 1 saturated heterocycles. The van der Waals surface area contributed by atoms with Gasteiger partial charge in [0, 0.05) is 26.1 Å². The molecule has 1 heterocycles. The van der Waals surface area contributed by atoms with Crippen molar-refractivity contribution in [1.29, 1.82) is 0 Å². The molecule has 1 aliphatic rings. The molecule has 8 nitrogen and oxygen atoms in total. The monoisotopic (exact) mass is 361 g/mol. The zero-order chi connectivity index (χ0) is 18.9. The van der Waals surface area contributed by atoms with E-state index < -0.39 is 30.4 Å². The lowest BCUT2D eigenvalue weighted by Crippen LogP contribution is -2.41. The molecule has 1 fully saturated rings. The first-order chi connectivity index (χ1) is 12.5. The Labute approximate surface area is 151 Å². The van der Waals surface area contributed by atoms with Gasteiger partial charge in [-0.05, 0) is 18.9 Å². The van der Waals surface area contributed by atoms with E-state index in [1.165, 1.54) is 0 Å². The highest BCUT2D eigenvalue weighted by atomic mass is 16.5. The molecule has 1 aromatic carbocycles. The Bertz CT molecular complexity index is 662. The zero-order valence-corrected chi connectivity index (χ0v) is 14.7. The normalized spacial score (nSPS) is 16.3. The number of carbonyl (C=O) groups is 4. The van der Waals surface area contributed by atoms with Crippen LogP contribution in [-0.4, -0.2) is 55.0 Å². The van der Waals surface area contributed by atoms with Gasteiger partial charge >= 0.3 is 12.0 Å². The molecule has 0 spiro atoms. The molecule has 8 heteroatoms. The van der Waals surface area contributed by atoms with E-state index in [9.17, 15) is 19.2 Å². The molecule has 0 aromatic heterocycles. The first-order valence-electron chi connectivity index (χ1n) is 8.55. The number of urea groups is 1. The number of benzene rings is 1. The van der Waals surface area contributed by atoms with Crippen LogP contribution in [-0.2, 0) is 25.5 Å². The standard InChI is InChI=1S/C18H23N3O5/c1-2-19-18(25)20-15(22)12-26-17(24)14-10-16(23)21(11-14)9-8-13-6-4-3-5-7-13/h3-7,14H,2,8-12H2,1H3,(H2,19,20,22,25)/t14-/m0/s1. The maximum Gasteiger partial charge on any atom is 0.321 e. The average molecular weight is 361 g/mol. The molecule has 140 valence electrons. The molecule has 0 saturated carbocycles. The van der Waals surface area contributed by atoms with Crippen molar-refractivity contribution in [3.63, 3.8) is 0 Å². The van der Waals surface area contributed by atoms with E-state index in [0.717, 1.165) is 5.56 Å². The minimum atomic E-state index is -0.713. The zero-order valence-electron chi connectivity index (χ0n) is 14.7. The largest absolute Gasteiger partial charge is 0.455 e. The fourth-order valence-corrected chi connectivity index (χ4v) is 2.68. The molecule has 1 atom stereocenters. The summed E-state index contributed by atoms with van der Waals surface area (Å²) < 4.78 is 4.92. The fraction of sp³-hybridized carbons (Fsp3) is 0.444. The van der Waals surface area contributed by atoms with Gasteiger partial charge in [0.05, 0.1) is 5.92 Å². The summed E-state index contributed by atoms with van der Waals surface area (Å²) in [6.45, 7) is 2.35. The quantitative estimate of drug-likeness (QED) is 0.687. The Hall–Kier alpha value is -2.90. The molecule has 1 aliphatic heterocycles. The van der Waals surface area contributed by atoms with E-state index in [-0.39, 0.29) is 18.9 Å². The summed E-state index contributed by atoms with van der Waals surface area (Å²) in [6, 6.07) is 9.13. The van der Waals surface area contributed by atoms with Gasteiger partial charge in [0.1, 0.15) is 0 Å². The van der Waals surface area contributed by atoms with Crippen molar-refractivity contribution >= 4 is 23.8 Å². The smallest absolute Gasteiger partial charge is 0.321 e. The molecule has 0 unspecified atom stereocenters.